The van der Waals surface area contributed by atoms with Crippen molar-refractivity contribution < 1.29 is 4.79 Å². The Morgan fingerprint density at radius 2 is 1.85 bits per heavy atom. The van der Waals surface area contributed by atoms with Gasteiger partial charge in [-0.05, 0) is 41.5 Å². The molecule has 26 heavy (non-hydrogen) atoms. The first-order chi connectivity index (χ1) is 12.5. The van der Waals surface area contributed by atoms with E-state index in [0.717, 1.165) is 16.8 Å². The van der Waals surface area contributed by atoms with Crippen LogP contribution >= 0.6 is 11.8 Å². The normalized spacial score (nSPS) is 10.7. The summed E-state index contributed by atoms with van der Waals surface area (Å²) in [6, 6.07) is 16.1. The van der Waals surface area contributed by atoms with Crippen LogP contribution in [0.25, 0.3) is 5.69 Å². The van der Waals surface area contributed by atoms with Crippen LogP contribution in [0.1, 0.15) is 16.7 Å². The van der Waals surface area contributed by atoms with E-state index in [2.05, 4.69) is 27.7 Å². The molecule has 0 aliphatic rings. The zero-order valence-electron chi connectivity index (χ0n) is 15.1. The number of rotatable bonds is 6. The summed E-state index contributed by atoms with van der Waals surface area (Å²) in [5, 5.41) is 12.5. The zero-order chi connectivity index (χ0) is 18.5. The largest absolute Gasteiger partial charge is 0.341 e. The maximum Gasteiger partial charge on any atom is 0.233 e. The molecule has 0 fully saturated rings. The molecule has 0 radical (unpaired) electrons. The van der Waals surface area contributed by atoms with Crippen LogP contribution in [0.2, 0.25) is 0 Å². The van der Waals surface area contributed by atoms with Crippen molar-refractivity contribution in [1.82, 2.24) is 25.1 Å². The number of aryl methyl sites for hydroxylation is 2. The summed E-state index contributed by atoms with van der Waals surface area (Å²) < 4.78 is 1.67. The van der Waals surface area contributed by atoms with Crippen molar-refractivity contribution in [2.24, 2.45) is 0 Å². The number of nitrogens with zero attached hydrogens (tertiary/aromatic N) is 5. The fourth-order valence-electron chi connectivity index (χ4n) is 2.51. The molecule has 0 atom stereocenters. The molecule has 0 saturated heterocycles. The van der Waals surface area contributed by atoms with E-state index in [9.17, 15) is 4.79 Å². The summed E-state index contributed by atoms with van der Waals surface area (Å²) in [5.41, 5.74) is 4.31. The number of tetrazole rings is 1. The van der Waals surface area contributed by atoms with Crippen LogP contribution in [0.5, 0.6) is 0 Å². The molecule has 0 spiro atoms. The average molecular weight is 367 g/mol. The highest BCUT2D eigenvalue weighted by Gasteiger charge is 2.15. The Balaban J connectivity index is 1.62. The SMILES string of the molecule is Cc1ccc(CN(C)C(=O)CSc2nnnn2-c2ccccc2C)cc1. The number of para-hydroxylation sites is 1. The van der Waals surface area contributed by atoms with Gasteiger partial charge in [0.15, 0.2) is 0 Å². The lowest BCUT2D eigenvalue weighted by atomic mass is 10.1. The molecule has 0 aliphatic carbocycles. The van der Waals surface area contributed by atoms with E-state index < -0.39 is 0 Å². The average Bonchev–Trinajstić information content (AvgIpc) is 3.10. The third-order valence-electron chi connectivity index (χ3n) is 4.08. The zero-order valence-corrected chi connectivity index (χ0v) is 15.9. The molecule has 6 nitrogen and oxygen atoms in total. The van der Waals surface area contributed by atoms with E-state index in [-0.39, 0.29) is 11.7 Å². The molecule has 7 heteroatoms. The number of aromatic nitrogens is 4. The summed E-state index contributed by atoms with van der Waals surface area (Å²) in [6.45, 7) is 4.64. The number of carbonyl (C=O) groups is 1. The van der Waals surface area contributed by atoms with Gasteiger partial charge in [0.05, 0.1) is 11.4 Å². The third-order valence-corrected chi connectivity index (χ3v) is 4.98. The van der Waals surface area contributed by atoms with Crippen LogP contribution in [0, 0.1) is 13.8 Å². The molecular formula is C19H21N5OS. The molecule has 1 aromatic heterocycles. The highest BCUT2D eigenvalue weighted by atomic mass is 32.2. The number of thioether (sulfide) groups is 1. The Morgan fingerprint density at radius 3 is 2.58 bits per heavy atom. The minimum absolute atomic E-state index is 0.0370. The highest BCUT2D eigenvalue weighted by molar-refractivity contribution is 7.99. The second kappa shape index (κ2) is 8.14. The van der Waals surface area contributed by atoms with Gasteiger partial charge in [0, 0.05) is 13.6 Å². The maximum absolute atomic E-state index is 12.5. The maximum atomic E-state index is 12.5. The van der Waals surface area contributed by atoms with Gasteiger partial charge < -0.3 is 4.90 Å². The van der Waals surface area contributed by atoms with Crippen LogP contribution in [-0.4, -0.2) is 43.8 Å². The Morgan fingerprint density at radius 1 is 1.12 bits per heavy atom. The smallest absolute Gasteiger partial charge is 0.233 e. The molecule has 0 aliphatic heterocycles. The number of carbonyl (C=O) groups excluding carboxylic acids is 1. The summed E-state index contributed by atoms with van der Waals surface area (Å²) >= 11 is 1.34. The minimum Gasteiger partial charge on any atom is -0.341 e. The monoisotopic (exact) mass is 367 g/mol. The Hall–Kier alpha value is -2.67. The summed E-state index contributed by atoms with van der Waals surface area (Å²) in [7, 11) is 1.81. The van der Waals surface area contributed by atoms with Gasteiger partial charge >= 0.3 is 0 Å². The van der Waals surface area contributed by atoms with E-state index in [1.165, 1.54) is 17.3 Å². The van der Waals surface area contributed by atoms with Crippen LogP contribution < -0.4 is 0 Å². The fourth-order valence-corrected chi connectivity index (χ4v) is 3.34. The lowest BCUT2D eigenvalue weighted by Gasteiger charge is -2.17. The first-order valence-corrected chi connectivity index (χ1v) is 9.30. The lowest BCUT2D eigenvalue weighted by Crippen LogP contribution is -2.27. The molecule has 1 heterocycles. The lowest BCUT2D eigenvalue weighted by molar-refractivity contribution is -0.127. The molecular weight excluding hydrogens is 346 g/mol. The number of hydrogen-bond acceptors (Lipinski definition) is 5. The number of amides is 1. The Kier molecular flexibility index (Phi) is 5.68. The molecule has 0 N–H and O–H groups in total. The van der Waals surface area contributed by atoms with Crippen molar-refractivity contribution >= 4 is 17.7 Å². The van der Waals surface area contributed by atoms with Gasteiger partial charge in [0.25, 0.3) is 0 Å². The van der Waals surface area contributed by atoms with Gasteiger partial charge in [-0.3, -0.25) is 4.79 Å². The predicted molar refractivity (Wildman–Crippen MR) is 102 cm³/mol. The van der Waals surface area contributed by atoms with Gasteiger partial charge in [-0.2, -0.15) is 4.68 Å². The van der Waals surface area contributed by atoms with Crippen LogP contribution in [-0.2, 0) is 11.3 Å². The van der Waals surface area contributed by atoms with Crippen molar-refractivity contribution in [3.63, 3.8) is 0 Å². The molecule has 0 bridgehead atoms. The third kappa shape index (κ3) is 4.29. The second-order valence-corrected chi connectivity index (χ2v) is 7.13. The fraction of sp³-hybridized carbons (Fsp3) is 0.263. The van der Waals surface area contributed by atoms with Crippen molar-refractivity contribution in [2.45, 2.75) is 25.5 Å². The second-order valence-electron chi connectivity index (χ2n) is 6.18. The van der Waals surface area contributed by atoms with Gasteiger partial charge in [-0.25, -0.2) is 0 Å². The van der Waals surface area contributed by atoms with Crippen LogP contribution in [0.15, 0.2) is 53.7 Å². The molecule has 134 valence electrons. The van der Waals surface area contributed by atoms with Crippen LogP contribution in [0.3, 0.4) is 0 Å². The Bertz CT molecular complexity index is 891. The minimum atomic E-state index is 0.0370. The van der Waals surface area contributed by atoms with Crippen LogP contribution in [0.4, 0.5) is 0 Å². The van der Waals surface area contributed by atoms with E-state index in [1.54, 1.807) is 9.58 Å². The summed E-state index contributed by atoms with van der Waals surface area (Å²) in [6.07, 6.45) is 0. The van der Waals surface area contributed by atoms with Gasteiger partial charge in [-0.15, -0.1) is 5.10 Å². The molecule has 3 aromatic rings. The van der Waals surface area contributed by atoms with Gasteiger partial charge in [0.2, 0.25) is 11.1 Å². The van der Waals surface area contributed by atoms with E-state index >= 15 is 0 Å². The quantitative estimate of drug-likeness (QED) is 0.627. The molecule has 1 amide bonds. The van der Waals surface area contributed by atoms with Gasteiger partial charge in [0.1, 0.15) is 0 Å². The number of benzene rings is 2. The van der Waals surface area contributed by atoms with E-state index in [0.29, 0.717) is 11.7 Å². The first kappa shape index (κ1) is 18.1. The molecule has 0 saturated carbocycles. The van der Waals surface area contributed by atoms with Crippen molar-refractivity contribution in [2.75, 3.05) is 12.8 Å². The first-order valence-electron chi connectivity index (χ1n) is 8.31. The van der Waals surface area contributed by atoms with E-state index in [4.69, 9.17) is 0 Å². The van der Waals surface area contributed by atoms with Crippen molar-refractivity contribution in [3.05, 3.63) is 65.2 Å². The molecule has 0 unspecified atom stereocenters. The van der Waals surface area contributed by atoms with Gasteiger partial charge in [-0.1, -0.05) is 59.8 Å². The van der Waals surface area contributed by atoms with Crippen molar-refractivity contribution in [1.29, 1.82) is 0 Å². The topological polar surface area (TPSA) is 63.9 Å². The summed E-state index contributed by atoms with van der Waals surface area (Å²) in [5.74, 6) is 0.323. The van der Waals surface area contributed by atoms with Crippen molar-refractivity contribution in [3.8, 4) is 5.69 Å². The summed E-state index contributed by atoms with van der Waals surface area (Å²) in [4.78, 5) is 14.2. The highest BCUT2D eigenvalue weighted by Crippen LogP contribution is 2.20. The Labute approximate surface area is 157 Å². The molecule has 2 aromatic carbocycles. The predicted octanol–water partition coefficient (Wildman–Crippen LogP) is 3.03. The number of hydrogen-bond donors (Lipinski definition) is 0. The standard InChI is InChI=1S/C19H21N5OS/c1-14-8-10-16(11-9-14)12-23(3)18(25)13-26-19-20-21-22-24(19)17-7-5-4-6-15(17)2/h4-11H,12-13H2,1-3H3. The van der Waals surface area contributed by atoms with E-state index in [1.807, 2.05) is 57.3 Å². The molecule has 3 rings (SSSR count).